The van der Waals surface area contributed by atoms with Crippen molar-refractivity contribution >= 4 is 5.97 Å². The second-order valence-electron chi connectivity index (χ2n) is 4.84. The molecule has 17 heavy (non-hydrogen) atoms. The average molecular weight is 234 g/mol. The average Bonchev–Trinajstić information content (AvgIpc) is 3.10. The highest BCUT2D eigenvalue weighted by molar-refractivity contribution is 5.66. The third kappa shape index (κ3) is 2.67. The molecule has 3 heteroatoms. The van der Waals surface area contributed by atoms with Crippen molar-refractivity contribution in [2.45, 2.75) is 37.5 Å². The SMILES string of the molecule is O=C(O)CCCc1ccccc1C1(CO)CC1. The minimum atomic E-state index is -0.745. The van der Waals surface area contributed by atoms with E-state index in [0.717, 1.165) is 19.3 Å². The molecule has 3 nitrogen and oxygen atoms in total. The molecule has 92 valence electrons. The number of benzene rings is 1. The summed E-state index contributed by atoms with van der Waals surface area (Å²) in [5.74, 6) is -0.745. The van der Waals surface area contributed by atoms with Gasteiger partial charge in [0.2, 0.25) is 0 Å². The molecule has 1 fully saturated rings. The Balaban J connectivity index is 2.09. The number of rotatable bonds is 6. The molecular weight excluding hydrogens is 216 g/mol. The Morgan fingerprint density at radius 1 is 1.29 bits per heavy atom. The molecule has 0 saturated heterocycles. The van der Waals surface area contributed by atoms with Gasteiger partial charge in [-0.3, -0.25) is 4.79 Å². The first kappa shape index (κ1) is 12.1. The van der Waals surface area contributed by atoms with Gasteiger partial charge in [-0.05, 0) is 36.8 Å². The molecular formula is C14H18O3. The molecule has 0 radical (unpaired) electrons. The Kier molecular flexibility index (Phi) is 3.48. The lowest BCUT2D eigenvalue weighted by Gasteiger charge is -2.17. The van der Waals surface area contributed by atoms with Gasteiger partial charge in [0.1, 0.15) is 0 Å². The normalized spacial score (nSPS) is 16.8. The van der Waals surface area contributed by atoms with Crippen LogP contribution in [0.25, 0.3) is 0 Å². The van der Waals surface area contributed by atoms with Crippen LogP contribution in [0.15, 0.2) is 24.3 Å². The van der Waals surface area contributed by atoms with Crippen molar-refractivity contribution < 1.29 is 15.0 Å². The zero-order chi connectivity index (χ0) is 12.3. The van der Waals surface area contributed by atoms with Crippen LogP contribution in [0.2, 0.25) is 0 Å². The van der Waals surface area contributed by atoms with E-state index in [9.17, 15) is 9.90 Å². The van der Waals surface area contributed by atoms with Crippen LogP contribution in [0.3, 0.4) is 0 Å². The minimum absolute atomic E-state index is 0.0280. The Morgan fingerprint density at radius 3 is 2.59 bits per heavy atom. The number of hydrogen-bond acceptors (Lipinski definition) is 2. The number of hydrogen-bond donors (Lipinski definition) is 2. The topological polar surface area (TPSA) is 57.5 Å². The molecule has 0 spiro atoms. The summed E-state index contributed by atoms with van der Waals surface area (Å²) in [6.07, 6.45) is 3.73. The lowest BCUT2D eigenvalue weighted by atomic mass is 9.90. The van der Waals surface area contributed by atoms with Gasteiger partial charge in [0.05, 0.1) is 6.61 Å². The van der Waals surface area contributed by atoms with Crippen LogP contribution in [0, 0.1) is 0 Å². The predicted molar refractivity (Wildman–Crippen MR) is 65.0 cm³/mol. The first-order chi connectivity index (χ1) is 8.18. The van der Waals surface area contributed by atoms with Crippen LogP contribution in [-0.4, -0.2) is 22.8 Å². The van der Waals surface area contributed by atoms with E-state index in [2.05, 4.69) is 6.07 Å². The van der Waals surface area contributed by atoms with Crippen LogP contribution >= 0.6 is 0 Å². The molecule has 1 saturated carbocycles. The van der Waals surface area contributed by atoms with Crippen molar-refractivity contribution in [3.63, 3.8) is 0 Å². The first-order valence-electron chi connectivity index (χ1n) is 6.09. The molecule has 0 heterocycles. The number of aryl methyl sites for hydroxylation is 1. The summed E-state index contributed by atoms with van der Waals surface area (Å²) in [6, 6.07) is 8.09. The van der Waals surface area contributed by atoms with E-state index < -0.39 is 5.97 Å². The van der Waals surface area contributed by atoms with E-state index >= 15 is 0 Å². The number of carboxylic acid groups (broad SMARTS) is 1. The number of aliphatic carboxylic acids is 1. The molecule has 0 aliphatic heterocycles. The fourth-order valence-electron chi connectivity index (χ4n) is 2.35. The third-order valence-electron chi connectivity index (χ3n) is 3.58. The Bertz CT molecular complexity index is 408. The molecule has 0 aromatic heterocycles. The van der Waals surface area contributed by atoms with Gasteiger partial charge in [0.15, 0.2) is 0 Å². The van der Waals surface area contributed by atoms with Gasteiger partial charge >= 0.3 is 5.97 Å². The monoisotopic (exact) mass is 234 g/mol. The minimum Gasteiger partial charge on any atom is -0.481 e. The summed E-state index contributed by atoms with van der Waals surface area (Å²) in [6.45, 7) is 0.197. The van der Waals surface area contributed by atoms with Gasteiger partial charge in [-0.15, -0.1) is 0 Å². The van der Waals surface area contributed by atoms with Crippen molar-refractivity contribution in [3.8, 4) is 0 Å². The zero-order valence-corrected chi connectivity index (χ0v) is 9.85. The van der Waals surface area contributed by atoms with Crippen molar-refractivity contribution in [3.05, 3.63) is 35.4 Å². The molecule has 1 aliphatic rings. The number of carboxylic acids is 1. The largest absolute Gasteiger partial charge is 0.481 e. The summed E-state index contributed by atoms with van der Waals surface area (Å²) in [4.78, 5) is 10.5. The Morgan fingerprint density at radius 2 is 2.00 bits per heavy atom. The van der Waals surface area contributed by atoms with E-state index in [1.165, 1.54) is 11.1 Å². The summed E-state index contributed by atoms with van der Waals surface area (Å²) < 4.78 is 0. The first-order valence-corrected chi connectivity index (χ1v) is 6.09. The maximum absolute atomic E-state index is 10.5. The lowest BCUT2D eigenvalue weighted by Crippen LogP contribution is -2.14. The standard InChI is InChI=1S/C14H18O3/c15-10-14(8-9-14)12-6-2-1-4-11(12)5-3-7-13(16)17/h1-2,4,6,15H,3,5,7-10H2,(H,16,17). The third-order valence-corrected chi connectivity index (χ3v) is 3.58. The van der Waals surface area contributed by atoms with Crippen molar-refractivity contribution in [2.24, 2.45) is 0 Å². The van der Waals surface area contributed by atoms with Crippen molar-refractivity contribution in [1.82, 2.24) is 0 Å². The summed E-state index contributed by atoms with van der Waals surface area (Å²) in [5.41, 5.74) is 2.38. The van der Waals surface area contributed by atoms with Gasteiger partial charge in [-0.25, -0.2) is 0 Å². The summed E-state index contributed by atoms with van der Waals surface area (Å²) in [5, 5.41) is 18.1. The highest BCUT2D eigenvalue weighted by Gasteiger charge is 2.44. The van der Waals surface area contributed by atoms with Crippen molar-refractivity contribution in [2.75, 3.05) is 6.61 Å². The molecule has 2 rings (SSSR count). The molecule has 0 amide bonds. The molecule has 0 bridgehead atoms. The van der Waals surface area contributed by atoms with Gasteiger partial charge in [0.25, 0.3) is 0 Å². The zero-order valence-electron chi connectivity index (χ0n) is 9.85. The highest BCUT2D eigenvalue weighted by Crippen LogP contribution is 2.48. The number of aliphatic hydroxyl groups excluding tert-OH is 1. The van der Waals surface area contributed by atoms with Gasteiger partial charge < -0.3 is 10.2 Å². The van der Waals surface area contributed by atoms with E-state index in [1.807, 2.05) is 18.2 Å². The quantitative estimate of drug-likeness (QED) is 0.792. The molecule has 1 aliphatic carbocycles. The van der Waals surface area contributed by atoms with E-state index in [1.54, 1.807) is 0 Å². The van der Waals surface area contributed by atoms with Crippen LogP contribution in [0.1, 0.15) is 36.8 Å². The van der Waals surface area contributed by atoms with Gasteiger partial charge in [-0.2, -0.15) is 0 Å². The van der Waals surface area contributed by atoms with Crippen LogP contribution in [-0.2, 0) is 16.6 Å². The Labute approximate surface area is 101 Å². The summed E-state index contributed by atoms with van der Waals surface area (Å²) >= 11 is 0. The smallest absolute Gasteiger partial charge is 0.303 e. The fourth-order valence-corrected chi connectivity index (χ4v) is 2.35. The molecule has 0 unspecified atom stereocenters. The molecule has 0 atom stereocenters. The number of aliphatic hydroxyl groups is 1. The Hall–Kier alpha value is -1.35. The molecule has 1 aromatic carbocycles. The van der Waals surface area contributed by atoms with Gasteiger partial charge in [-0.1, -0.05) is 24.3 Å². The summed E-state index contributed by atoms with van der Waals surface area (Å²) in [7, 11) is 0. The lowest BCUT2D eigenvalue weighted by molar-refractivity contribution is -0.137. The highest BCUT2D eigenvalue weighted by atomic mass is 16.4. The van der Waals surface area contributed by atoms with Gasteiger partial charge in [0, 0.05) is 11.8 Å². The molecule has 2 N–H and O–H groups in total. The van der Waals surface area contributed by atoms with Crippen molar-refractivity contribution in [1.29, 1.82) is 0 Å². The predicted octanol–water partition coefficient (Wildman–Crippen LogP) is 2.12. The van der Waals surface area contributed by atoms with E-state index in [-0.39, 0.29) is 18.4 Å². The second-order valence-corrected chi connectivity index (χ2v) is 4.84. The molecule has 1 aromatic rings. The fraction of sp³-hybridized carbons (Fsp3) is 0.500. The maximum atomic E-state index is 10.5. The van der Waals surface area contributed by atoms with Crippen LogP contribution in [0.5, 0.6) is 0 Å². The number of carbonyl (C=O) groups is 1. The van der Waals surface area contributed by atoms with Crippen LogP contribution in [0.4, 0.5) is 0 Å². The van der Waals surface area contributed by atoms with Crippen LogP contribution < -0.4 is 0 Å². The van der Waals surface area contributed by atoms with E-state index in [4.69, 9.17) is 5.11 Å². The second kappa shape index (κ2) is 4.88. The maximum Gasteiger partial charge on any atom is 0.303 e. The van der Waals surface area contributed by atoms with E-state index in [0.29, 0.717) is 6.42 Å².